The Bertz CT molecular complexity index is 344. The van der Waals surface area contributed by atoms with Crippen LogP contribution in [0.4, 0.5) is 4.39 Å². The van der Waals surface area contributed by atoms with Crippen molar-refractivity contribution in [3.05, 3.63) is 35.6 Å². The quantitative estimate of drug-likeness (QED) is 0.802. The molecule has 0 heterocycles. The van der Waals surface area contributed by atoms with Crippen LogP contribution >= 0.6 is 0 Å². The van der Waals surface area contributed by atoms with Crippen molar-refractivity contribution in [2.24, 2.45) is 0 Å². The summed E-state index contributed by atoms with van der Waals surface area (Å²) in [6.45, 7) is 2.74. The zero-order chi connectivity index (χ0) is 11.1. The first-order valence-electron chi connectivity index (χ1n) is 5.07. The molecule has 1 N–H and O–H groups in total. The molecular formula is C12H15FN2. The van der Waals surface area contributed by atoms with E-state index in [1.165, 1.54) is 12.1 Å². The molecule has 0 saturated carbocycles. The molecule has 0 aliphatic rings. The summed E-state index contributed by atoms with van der Waals surface area (Å²) in [6.07, 6.45) is 1.29. The van der Waals surface area contributed by atoms with Crippen molar-refractivity contribution >= 4 is 0 Å². The number of halogens is 1. The second-order valence-electron chi connectivity index (χ2n) is 3.60. The van der Waals surface area contributed by atoms with Gasteiger partial charge >= 0.3 is 0 Å². The lowest BCUT2D eigenvalue weighted by atomic mass is 10.1. The van der Waals surface area contributed by atoms with Crippen LogP contribution in [0.2, 0.25) is 0 Å². The van der Waals surface area contributed by atoms with Gasteiger partial charge in [-0.15, -0.1) is 0 Å². The summed E-state index contributed by atoms with van der Waals surface area (Å²) in [6, 6.07) is 8.89. The molecule has 0 spiro atoms. The van der Waals surface area contributed by atoms with Gasteiger partial charge < -0.3 is 5.32 Å². The summed E-state index contributed by atoms with van der Waals surface area (Å²) in [4.78, 5) is 0. The van der Waals surface area contributed by atoms with Crippen LogP contribution in [0.5, 0.6) is 0 Å². The fraction of sp³-hybridized carbons (Fsp3) is 0.417. The summed E-state index contributed by atoms with van der Waals surface area (Å²) in [7, 11) is 0. The van der Waals surface area contributed by atoms with E-state index in [4.69, 9.17) is 5.26 Å². The van der Waals surface area contributed by atoms with E-state index in [9.17, 15) is 4.39 Å². The number of hydrogen-bond donors (Lipinski definition) is 1. The third-order valence-electron chi connectivity index (χ3n) is 2.19. The summed E-state index contributed by atoms with van der Waals surface area (Å²) >= 11 is 0. The van der Waals surface area contributed by atoms with Gasteiger partial charge in [0.1, 0.15) is 5.82 Å². The number of nitrogens with zero attached hydrogens (tertiary/aromatic N) is 1. The highest BCUT2D eigenvalue weighted by Gasteiger charge is 2.00. The minimum absolute atomic E-state index is 0.197. The maximum Gasteiger partial charge on any atom is 0.123 e. The van der Waals surface area contributed by atoms with Crippen LogP contribution in [-0.4, -0.2) is 12.6 Å². The van der Waals surface area contributed by atoms with Gasteiger partial charge in [-0.3, -0.25) is 0 Å². The Hall–Kier alpha value is -1.40. The molecule has 1 rings (SSSR count). The molecule has 0 aliphatic heterocycles. The van der Waals surface area contributed by atoms with Gasteiger partial charge in [-0.2, -0.15) is 5.26 Å². The van der Waals surface area contributed by atoms with Crippen LogP contribution in [0.1, 0.15) is 18.9 Å². The highest BCUT2D eigenvalue weighted by atomic mass is 19.1. The van der Waals surface area contributed by atoms with E-state index in [0.717, 1.165) is 18.5 Å². The van der Waals surface area contributed by atoms with E-state index in [0.29, 0.717) is 6.42 Å². The fourth-order valence-electron chi connectivity index (χ4n) is 1.36. The zero-order valence-corrected chi connectivity index (χ0v) is 8.83. The number of rotatable bonds is 5. The number of benzene rings is 1. The highest BCUT2D eigenvalue weighted by molar-refractivity contribution is 5.16. The lowest BCUT2D eigenvalue weighted by Crippen LogP contribution is -2.27. The van der Waals surface area contributed by atoms with Crippen LogP contribution in [0, 0.1) is 17.1 Å². The maximum absolute atomic E-state index is 12.8. The predicted molar refractivity (Wildman–Crippen MR) is 57.8 cm³/mol. The van der Waals surface area contributed by atoms with Crippen molar-refractivity contribution in [1.29, 1.82) is 5.26 Å². The fourth-order valence-corrected chi connectivity index (χ4v) is 1.36. The third kappa shape index (κ3) is 4.57. The Balaban J connectivity index is 2.29. The molecule has 1 atom stereocenters. The van der Waals surface area contributed by atoms with Crippen LogP contribution in [0.3, 0.4) is 0 Å². The predicted octanol–water partition coefficient (Wildman–Crippen LogP) is 2.26. The first kappa shape index (κ1) is 11.7. The second-order valence-corrected chi connectivity index (χ2v) is 3.60. The molecule has 2 nitrogen and oxygen atoms in total. The molecule has 1 unspecified atom stereocenters. The molecule has 3 heteroatoms. The molecule has 0 aliphatic carbocycles. The summed E-state index contributed by atoms with van der Waals surface area (Å²) < 4.78 is 12.8. The van der Waals surface area contributed by atoms with E-state index < -0.39 is 0 Å². The molecule has 0 aromatic heterocycles. The normalized spacial score (nSPS) is 12.1. The minimum Gasteiger partial charge on any atom is -0.313 e. The Morgan fingerprint density at radius 2 is 2.33 bits per heavy atom. The smallest absolute Gasteiger partial charge is 0.123 e. The van der Waals surface area contributed by atoms with Gasteiger partial charge in [-0.25, -0.2) is 4.39 Å². The van der Waals surface area contributed by atoms with Gasteiger partial charge in [0.15, 0.2) is 0 Å². The van der Waals surface area contributed by atoms with E-state index in [1.807, 2.05) is 13.0 Å². The summed E-state index contributed by atoms with van der Waals surface area (Å²) in [5, 5.41) is 11.7. The molecule has 80 valence electrons. The minimum atomic E-state index is -0.197. The van der Waals surface area contributed by atoms with E-state index in [-0.39, 0.29) is 11.9 Å². The lowest BCUT2D eigenvalue weighted by molar-refractivity contribution is 0.558. The Morgan fingerprint density at radius 3 is 3.00 bits per heavy atom. The molecule has 0 saturated heterocycles. The molecule has 15 heavy (non-hydrogen) atoms. The van der Waals surface area contributed by atoms with Gasteiger partial charge in [-0.05, 0) is 37.6 Å². The van der Waals surface area contributed by atoms with Crippen molar-refractivity contribution in [2.75, 3.05) is 6.54 Å². The topological polar surface area (TPSA) is 35.8 Å². The Morgan fingerprint density at radius 1 is 1.53 bits per heavy atom. The molecule has 1 aromatic rings. The molecular weight excluding hydrogens is 191 g/mol. The van der Waals surface area contributed by atoms with Crippen LogP contribution in [-0.2, 0) is 6.42 Å². The van der Waals surface area contributed by atoms with Crippen molar-refractivity contribution in [3.8, 4) is 6.07 Å². The van der Waals surface area contributed by atoms with Gasteiger partial charge in [0.05, 0.1) is 12.5 Å². The average molecular weight is 206 g/mol. The summed E-state index contributed by atoms with van der Waals surface area (Å²) in [5.74, 6) is -0.197. The standard InChI is InChI=1S/C12H15FN2/c1-10(5-7-14)15-8-6-11-3-2-4-12(13)9-11/h2-4,9-10,15H,5-6,8H2,1H3. The average Bonchev–Trinajstić information content (AvgIpc) is 2.18. The number of nitriles is 1. The third-order valence-corrected chi connectivity index (χ3v) is 2.19. The van der Waals surface area contributed by atoms with E-state index in [1.54, 1.807) is 6.07 Å². The SMILES string of the molecule is CC(CC#N)NCCc1cccc(F)c1. The molecule has 0 bridgehead atoms. The molecule has 1 aromatic carbocycles. The van der Waals surface area contributed by atoms with Gasteiger partial charge in [0.2, 0.25) is 0 Å². The van der Waals surface area contributed by atoms with Crippen LogP contribution in [0.25, 0.3) is 0 Å². The molecule has 0 radical (unpaired) electrons. The maximum atomic E-state index is 12.8. The lowest BCUT2D eigenvalue weighted by Gasteiger charge is -2.09. The zero-order valence-electron chi connectivity index (χ0n) is 8.83. The van der Waals surface area contributed by atoms with Gasteiger partial charge in [-0.1, -0.05) is 12.1 Å². The number of hydrogen-bond acceptors (Lipinski definition) is 2. The van der Waals surface area contributed by atoms with Gasteiger partial charge in [0, 0.05) is 6.04 Å². The first-order valence-corrected chi connectivity index (χ1v) is 5.07. The van der Waals surface area contributed by atoms with Crippen molar-refractivity contribution < 1.29 is 4.39 Å². The van der Waals surface area contributed by atoms with Crippen molar-refractivity contribution in [1.82, 2.24) is 5.32 Å². The largest absolute Gasteiger partial charge is 0.313 e. The number of nitrogens with one attached hydrogen (secondary N) is 1. The van der Waals surface area contributed by atoms with Crippen molar-refractivity contribution in [2.45, 2.75) is 25.8 Å². The Labute approximate surface area is 89.7 Å². The van der Waals surface area contributed by atoms with E-state index in [2.05, 4.69) is 11.4 Å². The molecule has 0 amide bonds. The van der Waals surface area contributed by atoms with E-state index >= 15 is 0 Å². The monoisotopic (exact) mass is 206 g/mol. The Kier molecular flexibility index (Phi) is 4.79. The van der Waals surface area contributed by atoms with Crippen LogP contribution < -0.4 is 5.32 Å². The van der Waals surface area contributed by atoms with Gasteiger partial charge in [0.25, 0.3) is 0 Å². The highest BCUT2D eigenvalue weighted by Crippen LogP contribution is 2.03. The first-order chi connectivity index (χ1) is 7.22. The molecule has 0 fully saturated rings. The summed E-state index contributed by atoms with van der Waals surface area (Å²) in [5.41, 5.74) is 0.978. The van der Waals surface area contributed by atoms with Crippen LogP contribution in [0.15, 0.2) is 24.3 Å². The second kappa shape index (κ2) is 6.15. The van der Waals surface area contributed by atoms with Crippen molar-refractivity contribution in [3.63, 3.8) is 0 Å².